The SMILES string of the molecule is CC(C)(C)n1ccc2ccsc2c1=S.COc1cc(C)c(F)cc1C(C)(C)C.COc1cc(C)ccc1C(C)(C)C.COc1cc(Cl)ccc1C(C)(C)C.COc1cc2ccsc2cc1C(C)(C)C.COc1cc2sccc2cc1C(C)(C)C.[C-]#[N+]c1ccc(C(C)(C)C)c(OC)c1. The predicted molar refractivity (Wildman–Crippen MR) is 427 cm³/mol. The van der Waals surface area contributed by atoms with E-state index in [1.54, 1.807) is 102 Å². The number of rotatable bonds is 6. The lowest BCUT2D eigenvalue weighted by molar-refractivity contribution is 0.392. The minimum absolute atomic E-state index is 0.0475. The van der Waals surface area contributed by atoms with E-state index in [0.29, 0.717) is 16.3 Å². The van der Waals surface area contributed by atoms with Gasteiger partial charge in [0.2, 0.25) is 0 Å². The van der Waals surface area contributed by atoms with Crippen LogP contribution in [0.3, 0.4) is 0 Å². The number of hydrogen-bond acceptors (Lipinski definition) is 10. The van der Waals surface area contributed by atoms with Crippen molar-refractivity contribution in [1.29, 1.82) is 0 Å². The van der Waals surface area contributed by atoms with Crippen molar-refractivity contribution in [2.45, 2.75) is 197 Å². The van der Waals surface area contributed by atoms with E-state index in [-0.39, 0.29) is 43.8 Å². The van der Waals surface area contributed by atoms with E-state index >= 15 is 0 Å². The van der Waals surface area contributed by atoms with Crippen LogP contribution in [0.4, 0.5) is 10.1 Å². The van der Waals surface area contributed by atoms with Crippen molar-refractivity contribution in [2.75, 3.05) is 42.7 Å². The Morgan fingerprint density at radius 3 is 1.26 bits per heavy atom. The number of methoxy groups -OCH3 is 6. The van der Waals surface area contributed by atoms with Gasteiger partial charge in [-0.2, -0.15) is 0 Å². The molecule has 0 N–H and O–H groups in total. The molecule has 530 valence electrons. The second-order valence-corrected chi connectivity index (χ2v) is 34.9. The van der Waals surface area contributed by atoms with Crippen molar-refractivity contribution in [3.63, 3.8) is 0 Å². The number of fused-ring (bicyclic) bond motifs is 3. The van der Waals surface area contributed by atoms with E-state index < -0.39 is 0 Å². The number of benzene rings is 6. The molecule has 4 aromatic heterocycles. The van der Waals surface area contributed by atoms with Crippen LogP contribution in [0.1, 0.15) is 190 Å². The van der Waals surface area contributed by atoms with E-state index in [0.717, 1.165) is 50.3 Å². The fourth-order valence-electron chi connectivity index (χ4n) is 10.5. The maximum atomic E-state index is 13.4. The summed E-state index contributed by atoms with van der Waals surface area (Å²) in [6, 6.07) is 38.3. The Morgan fingerprint density at radius 2 is 0.786 bits per heavy atom. The molecule has 14 heteroatoms. The van der Waals surface area contributed by atoms with E-state index in [9.17, 15) is 4.39 Å². The zero-order chi connectivity index (χ0) is 74.3. The topological polar surface area (TPSA) is 64.7 Å². The minimum Gasteiger partial charge on any atom is -0.498 e. The summed E-state index contributed by atoms with van der Waals surface area (Å²) in [6.07, 6.45) is 2.08. The fraction of sp³-hybridized carbons (Fsp3) is 0.429. The number of aryl methyl sites for hydroxylation is 2. The Morgan fingerprint density at radius 1 is 0.408 bits per heavy atom. The second-order valence-electron chi connectivity index (χ2n) is 31.2. The van der Waals surface area contributed by atoms with E-state index in [4.69, 9.17) is 58.8 Å². The molecule has 0 saturated heterocycles. The van der Waals surface area contributed by atoms with Crippen LogP contribution in [-0.4, -0.2) is 47.2 Å². The third-order valence-corrected chi connectivity index (χ3v) is 19.4. The molecule has 0 spiro atoms. The van der Waals surface area contributed by atoms with Gasteiger partial charge in [0.05, 0.1) is 53.9 Å². The average Bonchev–Trinajstić information content (AvgIpc) is 1.59. The lowest BCUT2D eigenvalue weighted by atomic mass is 9.85. The summed E-state index contributed by atoms with van der Waals surface area (Å²) in [5.41, 5.74) is 10.0. The normalized spacial score (nSPS) is 11.7. The standard InChI is InChI=1S/2C13H16OS.C12H17FO.C12H15NO.C12H18O.C11H15ClO.C11H13NS2/c1-13(2,3)10-8-12-9(5-6-15-12)7-11(10)14-4;1-13(2,3)10-7-9-5-6-15-12(9)8-11(10)14-4;1-8-6-11(14-5)9(7-10(8)13)12(2,3)4;1-12(2,3)10-7-6-9(13-4)8-11(10)14-5;1-9-6-7-10(12(2,3)4)11(8-9)13-5;1-11(2,3)9-6-5-8(12)7-10(9)13-4;1-11(2,3)12-6-4-8-5-7-14-9(8)10(12)13/h2*5-8H,1-4H3;6-7H,1-5H3;6-8H,1-3,5H3;6-8H,1-5H3;5-7H,1-4H3;4-7H,1-3H3. The fourth-order valence-corrected chi connectivity index (χ4v) is 13.6. The molecule has 10 aromatic rings. The molecule has 0 aliphatic rings. The third-order valence-electron chi connectivity index (χ3n) is 15.9. The molecule has 4 heterocycles. The van der Waals surface area contributed by atoms with Crippen LogP contribution in [0.5, 0.6) is 34.5 Å². The molecule has 0 aliphatic heterocycles. The van der Waals surface area contributed by atoms with Crippen LogP contribution in [0.15, 0.2) is 138 Å². The Kier molecular flexibility index (Phi) is 29.8. The zero-order valence-corrected chi connectivity index (χ0v) is 68.0. The molecule has 0 amide bonds. The lowest BCUT2D eigenvalue weighted by Gasteiger charge is -2.23. The third kappa shape index (κ3) is 23.6. The molecule has 0 saturated carbocycles. The summed E-state index contributed by atoms with van der Waals surface area (Å²) in [5.74, 6) is 5.23. The highest BCUT2D eigenvalue weighted by Gasteiger charge is 2.25. The summed E-state index contributed by atoms with van der Waals surface area (Å²) in [4.78, 5) is 3.37. The number of aromatic nitrogens is 1. The lowest BCUT2D eigenvalue weighted by Crippen LogP contribution is -2.22. The van der Waals surface area contributed by atoms with Gasteiger partial charge in [0.15, 0.2) is 5.69 Å². The van der Waals surface area contributed by atoms with Crippen LogP contribution in [0.2, 0.25) is 5.02 Å². The average molecular weight is 1430 g/mol. The summed E-state index contributed by atoms with van der Waals surface area (Å²) in [7, 11) is 10.1. The molecule has 0 radical (unpaired) electrons. The minimum atomic E-state index is -0.171. The Labute approximate surface area is 610 Å². The monoisotopic (exact) mass is 1420 g/mol. The Hall–Kier alpha value is -6.92. The Balaban J connectivity index is 0.000000243. The highest BCUT2D eigenvalue weighted by molar-refractivity contribution is 7.71. The second kappa shape index (κ2) is 34.9. The van der Waals surface area contributed by atoms with Crippen molar-refractivity contribution in [3.05, 3.63) is 209 Å². The van der Waals surface area contributed by atoms with E-state index in [2.05, 4.69) is 230 Å². The van der Waals surface area contributed by atoms with Gasteiger partial charge in [0, 0.05) is 42.8 Å². The maximum absolute atomic E-state index is 13.4. The molecule has 0 bridgehead atoms. The molecule has 0 fully saturated rings. The summed E-state index contributed by atoms with van der Waals surface area (Å²) < 4.78 is 52.4. The first-order valence-corrected chi connectivity index (χ1v) is 36.3. The number of thiophene rings is 3. The van der Waals surface area contributed by atoms with Gasteiger partial charge < -0.3 is 33.0 Å². The summed E-state index contributed by atoms with van der Waals surface area (Å²) >= 11 is 16.6. The zero-order valence-electron chi connectivity index (χ0n) is 64.0. The molecule has 0 unspecified atom stereocenters. The molecule has 8 nitrogen and oxygen atoms in total. The van der Waals surface area contributed by atoms with Crippen molar-refractivity contribution >= 4 is 93.8 Å². The van der Waals surface area contributed by atoms with Gasteiger partial charge in [0.1, 0.15) is 45.0 Å². The first kappa shape index (κ1) is 83.5. The molecule has 0 atom stereocenters. The van der Waals surface area contributed by atoms with E-state index in [1.165, 1.54) is 58.1 Å². The van der Waals surface area contributed by atoms with Gasteiger partial charge in [-0.05, 0) is 212 Å². The van der Waals surface area contributed by atoms with Crippen LogP contribution in [0, 0.1) is 30.9 Å². The predicted octanol–water partition coefficient (Wildman–Crippen LogP) is 26.5. The Bertz CT molecular complexity index is 4170. The largest absolute Gasteiger partial charge is 0.498 e. The summed E-state index contributed by atoms with van der Waals surface area (Å²) in [6.45, 7) is 56.1. The first-order valence-electron chi connectivity index (χ1n) is 32.9. The van der Waals surface area contributed by atoms with Crippen molar-refractivity contribution in [3.8, 4) is 34.5 Å². The van der Waals surface area contributed by atoms with Gasteiger partial charge >= 0.3 is 0 Å². The molecular weight excluding hydrogens is 1320 g/mol. The molecular formula is C84H110ClFN2O6S4. The van der Waals surface area contributed by atoms with Crippen LogP contribution < -0.4 is 28.4 Å². The molecule has 6 aromatic carbocycles. The van der Waals surface area contributed by atoms with Crippen molar-refractivity contribution < 1.29 is 32.8 Å². The van der Waals surface area contributed by atoms with Crippen LogP contribution in [-0.2, 0) is 38.0 Å². The number of hydrogen-bond donors (Lipinski definition) is 0. The highest BCUT2D eigenvalue weighted by atomic mass is 35.5. The number of pyridine rings is 1. The number of halogens is 2. The highest BCUT2D eigenvalue weighted by Crippen LogP contribution is 2.40. The quantitative estimate of drug-likeness (QED) is 0.121. The molecule has 10 rings (SSSR count). The number of ether oxygens (including phenoxy) is 6. The summed E-state index contributed by atoms with van der Waals surface area (Å²) in [5, 5.41) is 10.9. The van der Waals surface area contributed by atoms with Crippen LogP contribution >= 0.6 is 57.8 Å². The van der Waals surface area contributed by atoms with Crippen LogP contribution in [0.25, 0.3) is 35.1 Å². The molecule has 98 heavy (non-hydrogen) atoms. The van der Waals surface area contributed by atoms with Crippen molar-refractivity contribution in [1.82, 2.24) is 4.57 Å². The molecule has 0 aliphatic carbocycles. The smallest absolute Gasteiger partial charge is 0.190 e. The first-order chi connectivity index (χ1) is 45.3. The van der Waals surface area contributed by atoms with Gasteiger partial charge in [-0.15, -0.1) is 34.0 Å². The van der Waals surface area contributed by atoms with Gasteiger partial charge in [0.25, 0.3) is 0 Å². The number of nitrogens with zero attached hydrogens (tertiary/aromatic N) is 2. The van der Waals surface area contributed by atoms with Crippen molar-refractivity contribution in [2.24, 2.45) is 0 Å². The van der Waals surface area contributed by atoms with Gasteiger partial charge in [-0.1, -0.05) is 179 Å². The van der Waals surface area contributed by atoms with Gasteiger partial charge in [-0.3, -0.25) is 0 Å². The van der Waals surface area contributed by atoms with Gasteiger partial charge in [-0.25, -0.2) is 9.24 Å². The van der Waals surface area contributed by atoms with E-state index in [1.807, 2.05) is 51.1 Å². The maximum Gasteiger partial charge on any atom is 0.190 e.